The molecule has 0 aromatic heterocycles. The number of anilines is 3. The van der Waals surface area contributed by atoms with Crippen LogP contribution in [0, 0.1) is 13.8 Å². The predicted molar refractivity (Wildman–Crippen MR) is 120 cm³/mol. The van der Waals surface area contributed by atoms with Crippen molar-refractivity contribution in [2.45, 2.75) is 13.8 Å². The number of nitrogens with one attached hydrogen (secondary N) is 2. The molecule has 0 heterocycles. The second-order valence-corrected chi connectivity index (χ2v) is 6.98. The first-order valence-electron chi connectivity index (χ1n) is 9.64. The van der Waals surface area contributed by atoms with Gasteiger partial charge < -0.3 is 21.1 Å². The van der Waals surface area contributed by atoms with Crippen LogP contribution in [-0.4, -0.2) is 24.4 Å². The first-order valence-corrected chi connectivity index (χ1v) is 9.64. The number of ether oxygens (including phenoxy) is 1. The molecule has 0 aliphatic heterocycles. The molecule has 0 aliphatic carbocycles. The topological polar surface area (TPSA) is 111 Å². The minimum absolute atomic E-state index is 0.321. The molecule has 0 spiro atoms. The second kappa shape index (κ2) is 9.58. The second-order valence-electron chi connectivity index (χ2n) is 6.98. The summed E-state index contributed by atoms with van der Waals surface area (Å²) in [7, 11) is 0. The lowest BCUT2D eigenvalue weighted by molar-refractivity contribution is -0.119. The highest BCUT2D eigenvalue weighted by molar-refractivity contribution is 5.99. The third kappa shape index (κ3) is 5.48. The molecule has 0 fully saturated rings. The summed E-state index contributed by atoms with van der Waals surface area (Å²) in [6, 6.07) is 18.9. The molecular formula is C24H23N3O4. The van der Waals surface area contributed by atoms with Crippen molar-refractivity contribution in [3.05, 3.63) is 89.0 Å². The van der Waals surface area contributed by atoms with Gasteiger partial charge in [0, 0.05) is 16.9 Å². The highest BCUT2D eigenvalue weighted by Gasteiger charge is 2.15. The molecule has 0 bridgehead atoms. The Morgan fingerprint density at radius 1 is 0.871 bits per heavy atom. The van der Waals surface area contributed by atoms with Crippen LogP contribution in [0.15, 0.2) is 66.7 Å². The zero-order valence-electron chi connectivity index (χ0n) is 17.3. The van der Waals surface area contributed by atoms with Crippen molar-refractivity contribution in [2.24, 2.45) is 5.73 Å². The minimum atomic E-state index is -0.618. The summed E-state index contributed by atoms with van der Waals surface area (Å²) in [4.78, 5) is 35.8. The van der Waals surface area contributed by atoms with Gasteiger partial charge in [0.1, 0.15) is 0 Å². The lowest BCUT2D eigenvalue weighted by Gasteiger charge is -2.14. The van der Waals surface area contributed by atoms with Crippen LogP contribution in [0.4, 0.5) is 17.1 Å². The van der Waals surface area contributed by atoms with E-state index in [9.17, 15) is 14.4 Å². The van der Waals surface area contributed by atoms with Crippen molar-refractivity contribution in [2.75, 3.05) is 17.2 Å². The summed E-state index contributed by atoms with van der Waals surface area (Å²) in [6.45, 7) is 3.56. The van der Waals surface area contributed by atoms with Gasteiger partial charge >= 0.3 is 5.97 Å². The Labute approximate surface area is 180 Å². The highest BCUT2D eigenvalue weighted by Crippen LogP contribution is 2.25. The fourth-order valence-corrected chi connectivity index (χ4v) is 2.93. The summed E-state index contributed by atoms with van der Waals surface area (Å²) in [6.07, 6.45) is 0. The summed E-state index contributed by atoms with van der Waals surface area (Å²) >= 11 is 0. The number of nitrogens with two attached hydrogens (primary N) is 1. The van der Waals surface area contributed by atoms with Crippen LogP contribution in [0.5, 0.6) is 0 Å². The Balaban J connectivity index is 1.63. The zero-order valence-corrected chi connectivity index (χ0v) is 17.3. The van der Waals surface area contributed by atoms with Crippen molar-refractivity contribution in [1.29, 1.82) is 0 Å². The largest absolute Gasteiger partial charge is 0.452 e. The maximum Gasteiger partial charge on any atom is 0.340 e. The van der Waals surface area contributed by atoms with Gasteiger partial charge in [-0.25, -0.2) is 4.79 Å². The molecular weight excluding hydrogens is 394 g/mol. The van der Waals surface area contributed by atoms with E-state index in [0.29, 0.717) is 22.5 Å². The fraction of sp³-hybridized carbons (Fsp3) is 0.125. The molecule has 0 atom stereocenters. The number of aryl methyl sites for hydroxylation is 1. The van der Waals surface area contributed by atoms with E-state index in [1.165, 1.54) is 12.1 Å². The van der Waals surface area contributed by atoms with Crippen LogP contribution < -0.4 is 16.4 Å². The molecule has 31 heavy (non-hydrogen) atoms. The fourth-order valence-electron chi connectivity index (χ4n) is 2.93. The molecule has 7 heteroatoms. The zero-order chi connectivity index (χ0) is 22.4. The van der Waals surface area contributed by atoms with E-state index in [1.54, 1.807) is 30.3 Å². The van der Waals surface area contributed by atoms with Gasteiger partial charge in [0.15, 0.2) is 6.61 Å². The Hall–Kier alpha value is -4.13. The van der Waals surface area contributed by atoms with Crippen molar-refractivity contribution < 1.29 is 19.1 Å². The van der Waals surface area contributed by atoms with E-state index in [0.717, 1.165) is 16.8 Å². The molecule has 7 nitrogen and oxygen atoms in total. The van der Waals surface area contributed by atoms with Gasteiger partial charge in [-0.2, -0.15) is 0 Å². The molecule has 0 saturated carbocycles. The first kappa shape index (κ1) is 21.6. The van der Waals surface area contributed by atoms with E-state index in [-0.39, 0.29) is 0 Å². The number of carbonyl (C=O) groups excluding carboxylic acids is 3. The highest BCUT2D eigenvalue weighted by atomic mass is 16.5. The Morgan fingerprint density at radius 2 is 1.55 bits per heavy atom. The lowest BCUT2D eigenvalue weighted by Crippen LogP contribution is -2.21. The number of carbonyl (C=O) groups is 3. The van der Waals surface area contributed by atoms with Crippen LogP contribution >= 0.6 is 0 Å². The lowest BCUT2D eigenvalue weighted by atomic mass is 10.1. The number of hydrogen-bond donors (Lipinski definition) is 3. The van der Waals surface area contributed by atoms with Crippen LogP contribution in [0.25, 0.3) is 0 Å². The van der Waals surface area contributed by atoms with Gasteiger partial charge in [0.05, 0.1) is 11.3 Å². The van der Waals surface area contributed by atoms with E-state index in [4.69, 9.17) is 10.5 Å². The minimum Gasteiger partial charge on any atom is -0.452 e. The standard InChI is InChI=1S/C24H23N3O4/c1-15-6-5-9-20(16(15)2)27-21-8-4-3-7-19(21)24(30)31-14-22(28)26-18-12-10-17(11-13-18)23(25)29/h3-13,27H,14H2,1-2H3,(H2,25,29)(H,26,28). The molecule has 2 amide bonds. The molecule has 0 unspecified atom stereocenters. The molecule has 4 N–H and O–H groups in total. The van der Waals surface area contributed by atoms with Gasteiger partial charge in [-0.1, -0.05) is 24.3 Å². The van der Waals surface area contributed by atoms with Crippen molar-refractivity contribution in [1.82, 2.24) is 0 Å². The number of benzene rings is 3. The van der Waals surface area contributed by atoms with E-state index < -0.39 is 24.4 Å². The quantitative estimate of drug-likeness (QED) is 0.504. The van der Waals surface area contributed by atoms with Crippen molar-refractivity contribution in [3.8, 4) is 0 Å². The SMILES string of the molecule is Cc1cccc(Nc2ccccc2C(=O)OCC(=O)Nc2ccc(C(N)=O)cc2)c1C. The van der Waals surface area contributed by atoms with E-state index in [2.05, 4.69) is 10.6 Å². The van der Waals surface area contributed by atoms with Gasteiger partial charge in [-0.05, 0) is 67.4 Å². The molecule has 3 rings (SSSR count). The molecule has 158 valence electrons. The van der Waals surface area contributed by atoms with Crippen LogP contribution in [0.1, 0.15) is 31.8 Å². The third-order valence-electron chi connectivity index (χ3n) is 4.81. The Bertz CT molecular complexity index is 1120. The maximum absolute atomic E-state index is 12.6. The smallest absolute Gasteiger partial charge is 0.340 e. The number of amides is 2. The van der Waals surface area contributed by atoms with E-state index >= 15 is 0 Å². The summed E-state index contributed by atoms with van der Waals surface area (Å²) < 4.78 is 5.19. The molecule has 0 aliphatic rings. The van der Waals surface area contributed by atoms with Crippen LogP contribution in [-0.2, 0) is 9.53 Å². The molecule has 3 aromatic carbocycles. The number of primary amides is 1. The number of para-hydroxylation sites is 1. The van der Waals surface area contributed by atoms with Crippen molar-refractivity contribution >= 4 is 34.8 Å². The monoisotopic (exact) mass is 417 g/mol. The predicted octanol–water partition coefficient (Wildman–Crippen LogP) is 3.94. The van der Waals surface area contributed by atoms with Crippen LogP contribution in [0.2, 0.25) is 0 Å². The van der Waals surface area contributed by atoms with Crippen LogP contribution in [0.3, 0.4) is 0 Å². The first-order chi connectivity index (χ1) is 14.8. The van der Waals surface area contributed by atoms with Gasteiger partial charge in [-0.3, -0.25) is 9.59 Å². The van der Waals surface area contributed by atoms with Gasteiger partial charge in [0.25, 0.3) is 5.91 Å². The Morgan fingerprint density at radius 3 is 2.26 bits per heavy atom. The number of hydrogen-bond acceptors (Lipinski definition) is 5. The molecule has 0 radical (unpaired) electrons. The number of rotatable bonds is 7. The summed E-state index contributed by atoms with van der Waals surface area (Å²) in [5, 5.41) is 5.86. The molecule has 0 saturated heterocycles. The molecule has 3 aromatic rings. The average Bonchev–Trinajstić information content (AvgIpc) is 2.76. The average molecular weight is 417 g/mol. The normalized spacial score (nSPS) is 10.3. The number of esters is 1. The summed E-state index contributed by atoms with van der Waals surface area (Å²) in [5.74, 6) is -1.67. The van der Waals surface area contributed by atoms with Gasteiger partial charge in [0.2, 0.25) is 5.91 Å². The van der Waals surface area contributed by atoms with E-state index in [1.807, 2.05) is 38.1 Å². The van der Waals surface area contributed by atoms with Crippen molar-refractivity contribution in [3.63, 3.8) is 0 Å². The third-order valence-corrected chi connectivity index (χ3v) is 4.81. The maximum atomic E-state index is 12.6. The Kier molecular flexibility index (Phi) is 6.67. The van der Waals surface area contributed by atoms with Gasteiger partial charge in [-0.15, -0.1) is 0 Å². The summed E-state index contributed by atoms with van der Waals surface area (Å²) in [5.41, 5.74) is 9.98.